The molecule has 4 nitrogen and oxygen atoms in total. The van der Waals surface area contributed by atoms with Crippen molar-refractivity contribution < 1.29 is 14.6 Å². The second-order valence-corrected chi connectivity index (χ2v) is 3.53. The number of carboxylic acids is 1. The lowest BCUT2D eigenvalue weighted by Crippen LogP contribution is -2.16. The molecule has 1 aromatic carbocycles. The van der Waals surface area contributed by atoms with E-state index in [1.54, 1.807) is 0 Å². The number of carbonyl (C=O) groups is 1. The van der Waals surface area contributed by atoms with Crippen LogP contribution in [0.3, 0.4) is 0 Å². The number of halogens is 1. The Morgan fingerprint density at radius 3 is 2.41 bits per heavy atom. The van der Waals surface area contributed by atoms with Crippen LogP contribution in [0.15, 0.2) is 24.3 Å². The van der Waals surface area contributed by atoms with Crippen LogP contribution in [-0.4, -0.2) is 24.2 Å². The summed E-state index contributed by atoms with van der Waals surface area (Å²) in [5.41, 5.74) is 6.49. The van der Waals surface area contributed by atoms with Gasteiger partial charge in [0.25, 0.3) is 0 Å². The summed E-state index contributed by atoms with van der Waals surface area (Å²) in [4.78, 5) is 10.6. The van der Waals surface area contributed by atoms with E-state index >= 15 is 0 Å². The minimum absolute atomic E-state index is 0. The molecule has 0 radical (unpaired) electrons. The lowest BCUT2D eigenvalue weighted by atomic mass is 9.96. The standard InChI is InChI=1S/C12H17NO3.ClH/c1-2-16-11-5-3-9(4-6-11)10(8-13)7-12(14)15;/h3-6,10H,2,7-8,13H2,1H3,(H,14,15);1H. The van der Waals surface area contributed by atoms with Crippen molar-refractivity contribution in [1.82, 2.24) is 0 Å². The fourth-order valence-electron chi connectivity index (χ4n) is 1.55. The van der Waals surface area contributed by atoms with Crippen LogP contribution in [0.2, 0.25) is 0 Å². The first-order valence-corrected chi connectivity index (χ1v) is 5.32. The van der Waals surface area contributed by atoms with E-state index in [0.29, 0.717) is 13.2 Å². The first-order chi connectivity index (χ1) is 7.67. The van der Waals surface area contributed by atoms with Crippen LogP contribution in [-0.2, 0) is 4.79 Å². The molecule has 0 aliphatic rings. The molecule has 3 N–H and O–H groups in total. The molecule has 0 aromatic heterocycles. The first-order valence-electron chi connectivity index (χ1n) is 5.32. The molecule has 5 heteroatoms. The summed E-state index contributed by atoms with van der Waals surface area (Å²) in [5, 5.41) is 8.73. The molecule has 1 rings (SSSR count). The van der Waals surface area contributed by atoms with Crippen LogP contribution >= 0.6 is 12.4 Å². The van der Waals surface area contributed by atoms with Crippen LogP contribution in [0, 0.1) is 0 Å². The average Bonchev–Trinajstić information content (AvgIpc) is 2.27. The number of hydrogen-bond donors (Lipinski definition) is 2. The molecule has 0 aliphatic carbocycles. The molecular weight excluding hydrogens is 242 g/mol. The second-order valence-electron chi connectivity index (χ2n) is 3.53. The normalized spacial score (nSPS) is 11.4. The Hall–Kier alpha value is -1.26. The van der Waals surface area contributed by atoms with Crippen molar-refractivity contribution in [1.29, 1.82) is 0 Å². The topological polar surface area (TPSA) is 72.5 Å². The number of hydrogen-bond acceptors (Lipinski definition) is 3. The molecule has 0 bridgehead atoms. The van der Waals surface area contributed by atoms with Crippen molar-refractivity contribution in [3.63, 3.8) is 0 Å². The van der Waals surface area contributed by atoms with Crippen molar-refractivity contribution in [3.8, 4) is 5.75 Å². The quantitative estimate of drug-likeness (QED) is 0.820. The number of aliphatic carboxylic acids is 1. The Balaban J connectivity index is 0.00000256. The molecule has 0 saturated heterocycles. The van der Waals surface area contributed by atoms with Gasteiger partial charge in [-0.1, -0.05) is 12.1 Å². The molecule has 1 aromatic rings. The van der Waals surface area contributed by atoms with Crippen LogP contribution in [0.1, 0.15) is 24.8 Å². The highest BCUT2D eigenvalue weighted by atomic mass is 35.5. The van der Waals surface area contributed by atoms with E-state index < -0.39 is 5.97 Å². The van der Waals surface area contributed by atoms with Gasteiger partial charge in [-0.25, -0.2) is 0 Å². The SMILES string of the molecule is CCOc1ccc(C(CN)CC(=O)O)cc1.Cl. The molecule has 17 heavy (non-hydrogen) atoms. The summed E-state index contributed by atoms with van der Waals surface area (Å²) in [6, 6.07) is 7.41. The van der Waals surface area contributed by atoms with Gasteiger partial charge in [-0.15, -0.1) is 12.4 Å². The minimum Gasteiger partial charge on any atom is -0.494 e. The largest absolute Gasteiger partial charge is 0.494 e. The van der Waals surface area contributed by atoms with Crippen molar-refractivity contribution in [2.24, 2.45) is 5.73 Å². The van der Waals surface area contributed by atoms with Gasteiger partial charge in [0.2, 0.25) is 0 Å². The third-order valence-electron chi connectivity index (χ3n) is 2.37. The highest BCUT2D eigenvalue weighted by Crippen LogP contribution is 2.21. The molecule has 0 heterocycles. The molecular formula is C12H18ClNO3. The van der Waals surface area contributed by atoms with E-state index in [1.165, 1.54) is 0 Å². The third-order valence-corrected chi connectivity index (χ3v) is 2.37. The number of benzene rings is 1. The van der Waals surface area contributed by atoms with Gasteiger partial charge < -0.3 is 15.6 Å². The monoisotopic (exact) mass is 259 g/mol. The van der Waals surface area contributed by atoms with Crippen LogP contribution < -0.4 is 10.5 Å². The van der Waals surface area contributed by atoms with Gasteiger partial charge in [0, 0.05) is 5.92 Å². The van der Waals surface area contributed by atoms with E-state index in [9.17, 15) is 4.79 Å². The zero-order chi connectivity index (χ0) is 12.0. The number of carboxylic acid groups (broad SMARTS) is 1. The van der Waals surface area contributed by atoms with Crippen molar-refractivity contribution in [3.05, 3.63) is 29.8 Å². The summed E-state index contributed by atoms with van der Waals surface area (Å²) in [5.74, 6) is -0.171. The lowest BCUT2D eigenvalue weighted by Gasteiger charge is -2.13. The summed E-state index contributed by atoms with van der Waals surface area (Å²) in [7, 11) is 0. The predicted molar refractivity (Wildman–Crippen MR) is 68.9 cm³/mol. The predicted octanol–water partition coefficient (Wildman–Crippen LogP) is 2.02. The number of ether oxygens (including phenoxy) is 1. The van der Waals surface area contributed by atoms with Crippen LogP contribution in [0.4, 0.5) is 0 Å². The molecule has 0 aliphatic heterocycles. The molecule has 0 spiro atoms. The van der Waals surface area contributed by atoms with Crippen molar-refractivity contribution >= 4 is 18.4 Å². The summed E-state index contributed by atoms with van der Waals surface area (Å²) >= 11 is 0. The summed E-state index contributed by atoms with van der Waals surface area (Å²) < 4.78 is 5.31. The van der Waals surface area contributed by atoms with Gasteiger partial charge in [-0.05, 0) is 31.2 Å². The Kier molecular flexibility index (Phi) is 7.34. The molecule has 1 atom stereocenters. The van der Waals surface area contributed by atoms with Gasteiger partial charge in [0.1, 0.15) is 5.75 Å². The molecule has 0 saturated carbocycles. The highest BCUT2D eigenvalue weighted by Gasteiger charge is 2.13. The molecule has 0 fully saturated rings. The fraction of sp³-hybridized carbons (Fsp3) is 0.417. The summed E-state index contributed by atoms with van der Waals surface area (Å²) in [6.07, 6.45) is 0.0600. The molecule has 96 valence electrons. The Bertz CT molecular complexity index is 340. The number of rotatable bonds is 6. The van der Waals surface area contributed by atoms with Gasteiger partial charge in [-0.3, -0.25) is 4.79 Å². The minimum atomic E-state index is -0.829. The van der Waals surface area contributed by atoms with E-state index in [0.717, 1.165) is 11.3 Å². The molecule has 0 amide bonds. The molecule has 1 unspecified atom stereocenters. The first kappa shape index (κ1) is 15.7. The zero-order valence-corrected chi connectivity index (χ0v) is 10.6. The highest BCUT2D eigenvalue weighted by molar-refractivity contribution is 5.85. The smallest absolute Gasteiger partial charge is 0.304 e. The Morgan fingerprint density at radius 2 is 2.00 bits per heavy atom. The Morgan fingerprint density at radius 1 is 1.41 bits per heavy atom. The van der Waals surface area contributed by atoms with Gasteiger partial charge in [-0.2, -0.15) is 0 Å². The zero-order valence-electron chi connectivity index (χ0n) is 9.76. The number of nitrogens with two attached hydrogens (primary N) is 1. The second kappa shape index (κ2) is 7.92. The maximum Gasteiger partial charge on any atom is 0.304 e. The van der Waals surface area contributed by atoms with Crippen molar-refractivity contribution in [2.75, 3.05) is 13.2 Å². The van der Waals surface area contributed by atoms with Gasteiger partial charge in [0.05, 0.1) is 13.0 Å². The van der Waals surface area contributed by atoms with Gasteiger partial charge >= 0.3 is 5.97 Å². The van der Waals surface area contributed by atoms with Gasteiger partial charge in [0.15, 0.2) is 0 Å². The van der Waals surface area contributed by atoms with Crippen LogP contribution in [0.5, 0.6) is 5.75 Å². The lowest BCUT2D eigenvalue weighted by molar-refractivity contribution is -0.137. The van der Waals surface area contributed by atoms with E-state index in [2.05, 4.69) is 0 Å². The Labute approximate surface area is 107 Å². The fourth-order valence-corrected chi connectivity index (χ4v) is 1.55. The van der Waals surface area contributed by atoms with Crippen LogP contribution in [0.25, 0.3) is 0 Å². The maximum absolute atomic E-state index is 10.6. The maximum atomic E-state index is 10.6. The van der Waals surface area contributed by atoms with E-state index in [1.807, 2.05) is 31.2 Å². The van der Waals surface area contributed by atoms with Crippen molar-refractivity contribution in [2.45, 2.75) is 19.3 Å². The average molecular weight is 260 g/mol. The van der Waals surface area contributed by atoms with E-state index in [-0.39, 0.29) is 24.7 Å². The summed E-state index contributed by atoms with van der Waals surface area (Å²) in [6.45, 7) is 2.87. The third kappa shape index (κ3) is 5.06. The van der Waals surface area contributed by atoms with E-state index in [4.69, 9.17) is 15.6 Å².